The van der Waals surface area contributed by atoms with Gasteiger partial charge in [-0.25, -0.2) is 8.78 Å². The predicted octanol–water partition coefficient (Wildman–Crippen LogP) is 4.65. The SMILES string of the molecule is Cc1cc(C(F)F)nn1CC(=O)Nc1ccc(Cl)cc1C(=O)c1ccccc1. The summed E-state index contributed by atoms with van der Waals surface area (Å²) in [7, 11) is 0. The largest absolute Gasteiger partial charge is 0.324 e. The number of benzene rings is 2. The lowest BCUT2D eigenvalue weighted by Gasteiger charge is -2.12. The first-order valence-electron chi connectivity index (χ1n) is 8.37. The van der Waals surface area contributed by atoms with Gasteiger partial charge in [0.15, 0.2) is 5.78 Å². The number of hydrogen-bond acceptors (Lipinski definition) is 3. The summed E-state index contributed by atoms with van der Waals surface area (Å²) < 4.78 is 26.7. The fraction of sp³-hybridized carbons (Fsp3) is 0.150. The number of aromatic nitrogens is 2. The van der Waals surface area contributed by atoms with E-state index in [0.29, 0.717) is 16.3 Å². The number of carbonyl (C=O) groups excluding carboxylic acids is 2. The van der Waals surface area contributed by atoms with E-state index in [1.54, 1.807) is 43.3 Å². The van der Waals surface area contributed by atoms with E-state index in [2.05, 4.69) is 10.4 Å². The van der Waals surface area contributed by atoms with Crippen molar-refractivity contribution in [1.82, 2.24) is 9.78 Å². The summed E-state index contributed by atoms with van der Waals surface area (Å²) in [5.41, 5.74) is 1.00. The van der Waals surface area contributed by atoms with Crippen LogP contribution in [0.3, 0.4) is 0 Å². The third-order valence-corrected chi connectivity index (χ3v) is 4.29. The first-order valence-corrected chi connectivity index (χ1v) is 8.74. The van der Waals surface area contributed by atoms with Crippen LogP contribution in [-0.4, -0.2) is 21.5 Å². The van der Waals surface area contributed by atoms with Gasteiger partial charge in [0, 0.05) is 21.8 Å². The number of halogens is 3. The first kappa shape index (κ1) is 19.7. The Morgan fingerprint density at radius 1 is 1.14 bits per heavy atom. The smallest absolute Gasteiger partial charge is 0.282 e. The van der Waals surface area contributed by atoms with Crippen molar-refractivity contribution in [2.45, 2.75) is 19.9 Å². The van der Waals surface area contributed by atoms with E-state index in [4.69, 9.17) is 11.6 Å². The highest BCUT2D eigenvalue weighted by atomic mass is 35.5. The molecule has 2 aromatic carbocycles. The molecule has 1 amide bonds. The van der Waals surface area contributed by atoms with Crippen LogP contribution < -0.4 is 5.32 Å². The molecule has 144 valence electrons. The molecule has 3 rings (SSSR count). The summed E-state index contributed by atoms with van der Waals surface area (Å²) in [6.45, 7) is 1.32. The number of hydrogen-bond donors (Lipinski definition) is 1. The molecule has 0 radical (unpaired) electrons. The Bertz CT molecular complexity index is 1020. The predicted molar refractivity (Wildman–Crippen MR) is 102 cm³/mol. The zero-order valence-electron chi connectivity index (χ0n) is 14.8. The van der Waals surface area contributed by atoms with Crippen LogP contribution >= 0.6 is 11.6 Å². The summed E-state index contributed by atoms with van der Waals surface area (Å²) in [5.74, 6) is -0.801. The lowest BCUT2D eigenvalue weighted by Crippen LogP contribution is -2.21. The minimum atomic E-state index is -2.71. The molecule has 28 heavy (non-hydrogen) atoms. The van der Waals surface area contributed by atoms with Crippen molar-refractivity contribution in [3.05, 3.63) is 82.1 Å². The summed E-state index contributed by atoms with van der Waals surface area (Å²) in [4.78, 5) is 25.2. The lowest BCUT2D eigenvalue weighted by molar-refractivity contribution is -0.117. The van der Waals surface area contributed by atoms with Gasteiger partial charge in [0.1, 0.15) is 12.2 Å². The van der Waals surface area contributed by atoms with Gasteiger partial charge in [-0.2, -0.15) is 5.10 Å². The van der Waals surface area contributed by atoms with Crippen LogP contribution in [0.25, 0.3) is 0 Å². The molecule has 0 aliphatic carbocycles. The fourth-order valence-electron chi connectivity index (χ4n) is 2.69. The van der Waals surface area contributed by atoms with Crippen molar-refractivity contribution in [2.75, 3.05) is 5.32 Å². The van der Waals surface area contributed by atoms with Crippen molar-refractivity contribution in [3.8, 4) is 0 Å². The quantitative estimate of drug-likeness (QED) is 0.609. The number of rotatable bonds is 6. The molecule has 0 aliphatic heterocycles. The molecule has 1 aromatic heterocycles. The highest BCUT2D eigenvalue weighted by molar-refractivity contribution is 6.31. The molecule has 8 heteroatoms. The van der Waals surface area contributed by atoms with E-state index in [1.165, 1.54) is 22.9 Å². The van der Waals surface area contributed by atoms with Crippen LogP contribution in [0.1, 0.15) is 33.7 Å². The van der Waals surface area contributed by atoms with Crippen LogP contribution in [0, 0.1) is 6.92 Å². The van der Waals surface area contributed by atoms with Gasteiger partial charge in [-0.05, 0) is 31.2 Å². The third kappa shape index (κ3) is 4.43. The van der Waals surface area contributed by atoms with E-state index in [9.17, 15) is 18.4 Å². The zero-order valence-corrected chi connectivity index (χ0v) is 15.6. The number of anilines is 1. The Morgan fingerprint density at radius 3 is 2.50 bits per heavy atom. The van der Waals surface area contributed by atoms with E-state index in [1.807, 2.05) is 0 Å². The lowest BCUT2D eigenvalue weighted by atomic mass is 10.0. The summed E-state index contributed by atoms with van der Waals surface area (Å²) in [5, 5.41) is 6.71. The number of amides is 1. The van der Waals surface area contributed by atoms with Gasteiger partial charge in [-0.1, -0.05) is 41.9 Å². The summed E-state index contributed by atoms with van der Waals surface area (Å²) in [6.07, 6.45) is -2.71. The van der Waals surface area contributed by atoms with E-state index in [-0.39, 0.29) is 23.6 Å². The van der Waals surface area contributed by atoms with Crippen molar-refractivity contribution in [3.63, 3.8) is 0 Å². The van der Waals surface area contributed by atoms with Gasteiger partial charge in [-0.3, -0.25) is 14.3 Å². The normalized spacial score (nSPS) is 10.9. The van der Waals surface area contributed by atoms with Gasteiger partial charge in [-0.15, -0.1) is 0 Å². The third-order valence-electron chi connectivity index (χ3n) is 4.05. The molecule has 0 unspecified atom stereocenters. The second-order valence-corrected chi connectivity index (χ2v) is 6.54. The highest BCUT2D eigenvalue weighted by Crippen LogP contribution is 2.24. The van der Waals surface area contributed by atoms with Crippen LogP contribution in [-0.2, 0) is 11.3 Å². The molecule has 0 aliphatic rings. The van der Waals surface area contributed by atoms with Crippen LogP contribution in [0.2, 0.25) is 5.02 Å². The molecule has 0 saturated heterocycles. The second kappa shape index (κ2) is 8.31. The number of nitrogens with one attached hydrogen (secondary N) is 1. The van der Waals surface area contributed by atoms with Gasteiger partial charge in [0.25, 0.3) is 6.43 Å². The number of ketones is 1. The van der Waals surface area contributed by atoms with Gasteiger partial charge >= 0.3 is 0 Å². The molecule has 0 bridgehead atoms. The van der Waals surface area contributed by atoms with Gasteiger partial charge in [0.2, 0.25) is 5.91 Å². The maximum absolute atomic E-state index is 12.8. The van der Waals surface area contributed by atoms with Crippen molar-refractivity contribution < 1.29 is 18.4 Å². The molecule has 1 N–H and O–H groups in total. The highest BCUT2D eigenvalue weighted by Gasteiger charge is 2.18. The number of nitrogens with zero attached hydrogens (tertiary/aromatic N) is 2. The average Bonchev–Trinajstić information content (AvgIpc) is 3.04. The van der Waals surface area contributed by atoms with E-state index >= 15 is 0 Å². The average molecular weight is 404 g/mol. The van der Waals surface area contributed by atoms with Crippen molar-refractivity contribution >= 4 is 29.0 Å². The molecule has 5 nitrogen and oxygen atoms in total. The first-order chi connectivity index (χ1) is 13.3. The Labute approximate surface area is 164 Å². The van der Waals surface area contributed by atoms with Crippen LogP contribution in [0.4, 0.5) is 14.5 Å². The maximum Gasteiger partial charge on any atom is 0.282 e. The van der Waals surface area contributed by atoms with E-state index < -0.39 is 18.0 Å². The van der Waals surface area contributed by atoms with Crippen molar-refractivity contribution in [2.24, 2.45) is 0 Å². The topological polar surface area (TPSA) is 64.0 Å². The Kier molecular flexibility index (Phi) is 5.84. The minimum absolute atomic E-state index is 0.234. The second-order valence-electron chi connectivity index (χ2n) is 6.10. The summed E-state index contributed by atoms with van der Waals surface area (Å²) in [6, 6.07) is 14.3. The van der Waals surface area contributed by atoms with Crippen LogP contribution in [0.5, 0.6) is 0 Å². The van der Waals surface area contributed by atoms with Gasteiger partial charge < -0.3 is 5.32 Å². The molecular formula is C20H16ClF2N3O2. The molecule has 0 fully saturated rings. The zero-order chi connectivity index (χ0) is 20.3. The van der Waals surface area contributed by atoms with Crippen molar-refractivity contribution in [1.29, 1.82) is 0 Å². The van der Waals surface area contributed by atoms with Gasteiger partial charge in [0.05, 0.1) is 5.69 Å². The Hall–Kier alpha value is -3.06. The molecule has 3 aromatic rings. The summed E-state index contributed by atoms with van der Waals surface area (Å²) >= 11 is 6.02. The molecule has 0 saturated carbocycles. The van der Waals surface area contributed by atoms with Crippen LogP contribution in [0.15, 0.2) is 54.6 Å². The molecule has 1 heterocycles. The molecule has 0 atom stereocenters. The van der Waals surface area contributed by atoms with E-state index in [0.717, 1.165) is 0 Å². The fourth-order valence-corrected chi connectivity index (χ4v) is 2.86. The maximum atomic E-state index is 12.8. The monoisotopic (exact) mass is 403 g/mol. The Morgan fingerprint density at radius 2 is 1.86 bits per heavy atom. The number of aryl methyl sites for hydroxylation is 1. The number of carbonyl (C=O) groups is 2. The minimum Gasteiger partial charge on any atom is -0.324 e. The Balaban J connectivity index is 1.82. The standard InChI is InChI=1S/C20H16ClF2N3O2/c1-12-9-17(20(22)23)25-26(12)11-18(27)24-16-8-7-14(21)10-15(16)19(28)13-5-3-2-4-6-13/h2-10,20H,11H2,1H3,(H,24,27). The number of alkyl halides is 2. The molecular weight excluding hydrogens is 388 g/mol. The molecule has 0 spiro atoms.